The van der Waals surface area contributed by atoms with Crippen molar-refractivity contribution in [1.29, 1.82) is 0 Å². The number of benzene rings is 1. The van der Waals surface area contributed by atoms with E-state index in [9.17, 15) is 24.3 Å². The van der Waals surface area contributed by atoms with Gasteiger partial charge in [0.15, 0.2) is 0 Å². The second-order valence-electron chi connectivity index (χ2n) is 13.7. The van der Waals surface area contributed by atoms with Crippen molar-refractivity contribution in [1.82, 2.24) is 25.5 Å². The standard InChI is InChI=1S/C35H41N5O7S/c1-34(2,3)47-33(45)38-25-15-8-6-4-5-7-12-21-19-35(21,32(43)44)39-29(41)26-18-22(20-40(26)31(25)42)46-30-28(27-16-11-17-48-27)36-23-13-9-10-14-24(23)37-30/h7,9-14,16-17,21-22,25-26H,4-6,8,15,18-20H2,1-3H3,(H,38,45)(H,39,41)(H,43,44)/b12-7-/t21-,22-,25-,26+,35+/m1/s1. The molecule has 48 heavy (non-hydrogen) atoms. The van der Waals surface area contributed by atoms with E-state index in [4.69, 9.17) is 19.4 Å². The summed E-state index contributed by atoms with van der Waals surface area (Å²) in [5, 5.41) is 17.6. The number of aromatic nitrogens is 2. The molecule has 3 N–H and O–H groups in total. The normalized spacial score (nSPS) is 27.1. The van der Waals surface area contributed by atoms with E-state index in [1.807, 2.05) is 53.9 Å². The molecule has 0 radical (unpaired) electrons. The van der Waals surface area contributed by atoms with Crippen LogP contribution in [-0.2, 0) is 19.1 Å². The maximum absolute atomic E-state index is 14.3. The minimum Gasteiger partial charge on any atom is -0.479 e. The lowest BCUT2D eigenvalue weighted by Crippen LogP contribution is -2.56. The zero-order chi connectivity index (χ0) is 34.1. The number of hydrogen-bond donors (Lipinski definition) is 3. The molecule has 3 aromatic rings. The predicted octanol–water partition coefficient (Wildman–Crippen LogP) is 5.08. The van der Waals surface area contributed by atoms with E-state index in [1.165, 1.54) is 16.2 Å². The molecule has 2 fully saturated rings. The maximum Gasteiger partial charge on any atom is 0.408 e. The van der Waals surface area contributed by atoms with E-state index in [-0.39, 0.29) is 31.2 Å². The first-order chi connectivity index (χ1) is 22.9. The summed E-state index contributed by atoms with van der Waals surface area (Å²) in [5.74, 6) is -2.23. The van der Waals surface area contributed by atoms with Crippen LogP contribution < -0.4 is 15.4 Å². The number of hydrogen-bond acceptors (Lipinski definition) is 9. The Kier molecular flexibility index (Phi) is 9.41. The van der Waals surface area contributed by atoms with Crippen LogP contribution >= 0.6 is 11.3 Å². The number of carboxylic acids is 1. The van der Waals surface area contributed by atoms with E-state index in [1.54, 1.807) is 20.8 Å². The number of rotatable bonds is 5. The molecular weight excluding hydrogens is 634 g/mol. The summed E-state index contributed by atoms with van der Waals surface area (Å²) in [6.45, 7) is 5.24. The second-order valence-corrected chi connectivity index (χ2v) is 14.6. The Labute approximate surface area is 282 Å². The van der Waals surface area contributed by atoms with Gasteiger partial charge >= 0.3 is 12.1 Å². The number of fused-ring (bicyclic) bond motifs is 3. The molecule has 3 aliphatic rings. The molecule has 2 aliphatic heterocycles. The van der Waals surface area contributed by atoms with Crippen molar-refractivity contribution in [3.05, 3.63) is 53.9 Å². The van der Waals surface area contributed by atoms with Crippen LogP contribution in [0.1, 0.15) is 65.7 Å². The van der Waals surface area contributed by atoms with E-state index in [0.29, 0.717) is 29.6 Å². The van der Waals surface area contributed by atoms with E-state index >= 15 is 0 Å². The number of ether oxygens (including phenoxy) is 2. The number of alkyl carbamates (subject to hydrolysis) is 1. The van der Waals surface area contributed by atoms with Crippen molar-refractivity contribution in [2.45, 2.75) is 95.0 Å². The van der Waals surface area contributed by atoms with E-state index < -0.39 is 53.2 Å². The zero-order valence-corrected chi connectivity index (χ0v) is 28.1. The van der Waals surface area contributed by atoms with Gasteiger partial charge in [-0.1, -0.05) is 43.2 Å². The molecule has 4 heterocycles. The third-order valence-electron chi connectivity index (χ3n) is 8.88. The Morgan fingerprint density at radius 2 is 1.85 bits per heavy atom. The molecule has 13 heteroatoms. The highest BCUT2D eigenvalue weighted by Crippen LogP contribution is 2.45. The van der Waals surface area contributed by atoms with Gasteiger partial charge in [-0.15, -0.1) is 11.3 Å². The number of nitrogens with one attached hydrogen (secondary N) is 2. The van der Waals surface area contributed by atoms with Crippen LogP contribution in [0, 0.1) is 5.92 Å². The Hall–Kier alpha value is -4.52. The molecule has 0 unspecified atom stereocenters. The van der Waals surface area contributed by atoms with E-state index in [0.717, 1.165) is 24.1 Å². The largest absolute Gasteiger partial charge is 0.479 e. The zero-order valence-electron chi connectivity index (χ0n) is 27.3. The molecule has 0 bridgehead atoms. The van der Waals surface area contributed by atoms with Crippen molar-refractivity contribution in [3.8, 4) is 16.5 Å². The Morgan fingerprint density at radius 3 is 2.56 bits per heavy atom. The maximum atomic E-state index is 14.3. The number of thiophene rings is 1. The highest BCUT2D eigenvalue weighted by atomic mass is 32.1. The lowest BCUT2D eigenvalue weighted by Gasteiger charge is -2.30. The van der Waals surface area contributed by atoms with Gasteiger partial charge in [0.25, 0.3) is 0 Å². The fraction of sp³-hybridized carbons (Fsp3) is 0.486. The van der Waals surface area contributed by atoms with Crippen LogP contribution in [0.3, 0.4) is 0 Å². The summed E-state index contributed by atoms with van der Waals surface area (Å²) in [6.07, 6.45) is 6.18. The fourth-order valence-corrected chi connectivity index (χ4v) is 7.10. The molecule has 1 saturated heterocycles. The van der Waals surface area contributed by atoms with Gasteiger partial charge in [-0.2, -0.15) is 0 Å². The smallest absolute Gasteiger partial charge is 0.408 e. The minimum absolute atomic E-state index is 0.0191. The molecular formula is C35H41N5O7S. The van der Waals surface area contributed by atoms with Crippen molar-refractivity contribution in [3.63, 3.8) is 0 Å². The number of carbonyl (C=O) groups is 4. The molecule has 12 nitrogen and oxygen atoms in total. The van der Waals surface area contributed by atoms with Gasteiger partial charge in [0.05, 0.1) is 22.5 Å². The topological polar surface area (TPSA) is 160 Å². The van der Waals surface area contributed by atoms with Crippen LogP contribution in [0.4, 0.5) is 4.79 Å². The number of carboxylic acid groups (broad SMARTS) is 1. The third-order valence-corrected chi connectivity index (χ3v) is 9.76. The molecule has 0 spiro atoms. The van der Waals surface area contributed by atoms with Crippen LogP contribution in [0.25, 0.3) is 21.6 Å². The van der Waals surface area contributed by atoms with E-state index in [2.05, 4.69) is 10.6 Å². The number of carbonyl (C=O) groups excluding carboxylic acids is 3. The van der Waals surface area contributed by atoms with Gasteiger partial charge in [-0.3, -0.25) is 9.59 Å². The summed E-state index contributed by atoms with van der Waals surface area (Å²) < 4.78 is 12.0. The van der Waals surface area contributed by atoms with Crippen LogP contribution in [0.5, 0.6) is 5.88 Å². The molecule has 254 valence electrons. The summed E-state index contributed by atoms with van der Waals surface area (Å²) in [7, 11) is 0. The van der Waals surface area contributed by atoms with Gasteiger partial charge in [0, 0.05) is 12.3 Å². The number of aliphatic carboxylic acids is 1. The lowest BCUT2D eigenvalue weighted by molar-refractivity contribution is -0.145. The van der Waals surface area contributed by atoms with Crippen molar-refractivity contribution in [2.24, 2.45) is 5.92 Å². The van der Waals surface area contributed by atoms with Gasteiger partial charge in [0.2, 0.25) is 17.7 Å². The molecule has 2 aromatic heterocycles. The fourth-order valence-electron chi connectivity index (χ4n) is 6.39. The summed E-state index contributed by atoms with van der Waals surface area (Å²) in [6, 6.07) is 9.27. The number of nitrogens with zero attached hydrogens (tertiary/aromatic N) is 3. The predicted molar refractivity (Wildman–Crippen MR) is 179 cm³/mol. The van der Waals surface area contributed by atoms with Crippen LogP contribution in [0.15, 0.2) is 53.9 Å². The minimum atomic E-state index is -1.44. The SMILES string of the molecule is CC(C)(C)OC(=O)N[C@@H]1CCCCC/C=C\[C@@H]2C[C@]2(C(=O)O)NC(=O)[C@@H]2C[C@@H](Oc3nc4ccccc4nc3-c3cccs3)CN2C1=O. The first-order valence-corrected chi connectivity index (χ1v) is 17.3. The van der Waals surface area contributed by atoms with Crippen LogP contribution in [-0.4, -0.2) is 79.7 Å². The second kappa shape index (κ2) is 13.5. The number of para-hydroxylation sites is 2. The quantitative estimate of drug-likeness (QED) is 0.314. The van der Waals surface area contributed by atoms with Gasteiger partial charge < -0.3 is 30.1 Å². The van der Waals surface area contributed by atoms with Gasteiger partial charge in [-0.25, -0.2) is 19.6 Å². The first kappa shape index (κ1) is 33.4. The number of allylic oxidation sites excluding steroid dienone is 1. The molecule has 6 rings (SSSR count). The van der Waals surface area contributed by atoms with Crippen molar-refractivity contribution >= 4 is 46.2 Å². The molecule has 1 aromatic carbocycles. The molecule has 1 aliphatic carbocycles. The first-order valence-electron chi connectivity index (χ1n) is 16.4. The van der Waals surface area contributed by atoms with Crippen molar-refractivity contribution in [2.75, 3.05) is 6.54 Å². The average molecular weight is 676 g/mol. The molecule has 5 atom stereocenters. The molecule has 1 saturated carbocycles. The lowest BCUT2D eigenvalue weighted by atomic mass is 10.0. The van der Waals surface area contributed by atoms with Gasteiger partial charge in [-0.05, 0) is 70.0 Å². The van der Waals surface area contributed by atoms with Crippen LogP contribution in [0.2, 0.25) is 0 Å². The Balaban J connectivity index is 1.32. The Morgan fingerprint density at radius 1 is 1.08 bits per heavy atom. The third kappa shape index (κ3) is 7.30. The summed E-state index contributed by atoms with van der Waals surface area (Å²) in [4.78, 5) is 65.5. The summed E-state index contributed by atoms with van der Waals surface area (Å²) >= 11 is 1.49. The summed E-state index contributed by atoms with van der Waals surface area (Å²) in [5.41, 5.74) is -0.337. The highest BCUT2D eigenvalue weighted by molar-refractivity contribution is 7.13. The Bertz CT molecular complexity index is 1720. The van der Waals surface area contributed by atoms with Gasteiger partial charge in [0.1, 0.15) is 35.0 Å². The average Bonchev–Trinajstić information content (AvgIpc) is 3.34. The highest BCUT2D eigenvalue weighted by Gasteiger charge is 2.61. The number of amides is 3. The monoisotopic (exact) mass is 675 g/mol. The molecule has 3 amide bonds. The van der Waals surface area contributed by atoms with Crippen molar-refractivity contribution < 1.29 is 33.8 Å².